The molecule has 0 aliphatic heterocycles. The van der Waals surface area contributed by atoms with E-state index in [1.165, 1.54) is 5.56 Å². The first-order valence-electron chi connectivity index (χ1n) is 7.81. The lowest BCUT2D eigenvalue weighted by Crippen LogP contribution is -2.27. The van der Waals surface area contributed by atoms with Crippen molar-refractivity contribution < 1.29 is 9.47 Å². The number of anilines is 1. The maximum atomic E-state index is 6.02. The molecule has 0 atom stereocenters. The second-order valence-electron chi connectivity index (χ2n) is 6.15. The fraction of sp³-hybridized carbons (Fsp3) is 0.316. The van der Waals surface area contributed by atoms with Crippen molar-refractivity contribution in [1.82, 2.24) is 0 Å². The number of nitrogens with one attached hydrogen (secondary N) is 1. The normalized spacial score (nSPS) is 11.9. The minimum atomic E-state index is -0.0921. The molecule has 0 fully saturated rings. The first-order chi connectivity index (χ1) is 11.5. The minimum Gasteiger partial charge on any atom is -0.493 e. The second kappa shape index (κ2) is 7.73. The molecule has 3 N–H and O–H groups in total. The molecule has 2 rings (SSSR count). The zero-order valence-corrected chi connectivity index (χ0v) is 14.7. The summed E-state index contributed by atoms with van der Waals surface area (Å²) in [5.74, 6) is 1.68. The van der Waals surface area contributed by atoms with E-state index in [0.717, 1.165) is 5.69 Å². The van der Waals surface area contributed by atoms with Crippen molar-refractivity contribution >= 4 is 11.6 Å². The van der Waals surface area contributed by atoms with Crippen LogP contribution in [0.4, 0.5) is 5.69 Å². The largest absolute Gasteiger partial charge is 0.493 e. The van der Waals surface area contributed by atoms with E-state index < -0.39 is 0 Å². The molecule has 5 nitrogen and oxygen atoms in total. The Morgan fingerprint density at radius 2 is 1.71 bits per heavy atom. The zero-order valence-electron chi connectivity index (χ0n) is 14.7. The van der Waals surface area contributed by atoms with Crippen LogP contribution in [0.15, 0.2) is 53.5 Å². The summed E-state index contributed by atoms with van der Waals surface area (Å²) in [5.41, 5.74) is 7.95. The monoisotopic (exact) mass is 327 g/mol. The molecule has 0 radical (unpaired) electrons. The lowest BCUT2D eigenvalue weighted by atomic mass is 9.85. The number of benzene rings is 2. The summed E-state index contributed by atoms with van der Waals surface area (Å²) in [6.07, 6.45) is 0. The molecule has 0 aromatic heterocycles. The highest BCUT2D eigenvalue weighted by Crippen LogP contribution is 2.29. The third kappa shape index (κ3) is 4.41. The Labute approximate surface area is 143 Å². The summed E-state index contributed by atoms with van der Waals surface area (Å²) >= 11 is 0. The van der Waals surface area contributed by atoms with Gasteiger partial charge in [0.05, 0.1) is 20.8 Å². The lowest BCUT2D eigenvalue weighted by Gasteiger charge is -2.23. The van der Waals surface area contributed by atoms with Gasteiger partial charge in [0.2, 0.25) is 0 Å². The summed E-state index contributed by atoms with van der Waals surface area (Å²) in [6.45, 7) is 4.88. The Morgan fingerprint density at radius 3 is 2.33 bits per heavy atom. The van der Waals surface area contributed by atoms with Crippen LogP contribution in [-0.2, 0) is 5.41 Å². The van der Waals surface area contributed by atoms with E-state index in [-0.39, 0.29) is 5.41 Å². The Hall–Kier alpha value is -2.69. The van der Waals surface area contributed by atoms with E-state index in [1.54, 1.807) is 14.2 Å². The summed E-state index contributed by atoms with van der Waals surface area (Å²) in [6, 6.07) is 15.8. The Morgan fingerprint density at radius 1 is 1.04 bits per heavy atom. The van der Waals surface area contributed by atoms with Gasteiger partial charge in [0.15, 0.2) is 17.5 Å². The van der Waals surface area contributed by atoms with Crippen LogP contribution in [-0.4, -0.2) is 26.7 Å². The molecular formula is C19H25N3O2. The van der Waals surface area contributed by atoms with Gasteiger partial charge >= 0.3 is 0 Å². The maximum absolute atomic E-state index is 6.02. The zero-order chi connectivity index (χ0) is 17.6. The highest BCUT2D eigenvalue weighted by Gasteiger charge is 2.19. The molecular weight excluding hydrogens is 302 g/mol. The predicted octanol–water partition coefficient (Wildman–Crippen LogP) is 3.41. The van der Waals surface area contributed by atoms with Crippen LogP contribution in [0, 0.1) is 0 Å². The summed E-state index contributed by atoms with van der Waals surface area (Å²) < 4.78 is 10.5. The number of nitrogens with zero attached hydrogens (tertiary/aromatic N) is 1. The number of rotatable bonds is 6. The summed E-state index contributed by atoms with van der Waals surface area (Å²) in [4.78, 5) is 4.48. The smallest absolute Gasteiger partial charge is 0.193 e. The van der Waals surface area contributed by atoms with E-state index in [4.69, 9.17) is 15.2 Å². The van der Waals surface area contributed by atoms with Gasteiger partial charge in [0.25, 0.3) is 0 Å². The maximum Gasteiger partial charge on any atom is 0.193 e. The highest BCUT2D eigenvalue weighted by atomic mass is 16.5. The number of hydrogen-bond acceptors (Lipinski definition) is 3. The molecule has 0 saturated carbocycles. The molecule has 24 heavy (non-hydrogen) atoms. The first kappa shape index (κ1) is 17.7. The van der Waals surface area contributed by atoms with Gasteiger partial charge in [-0.05, 0) is 17.7 Å². The SMILES string of the molecule is COc1ccc(NC(N)=NCC(C)(C)c2ccccc2)cc1OC. The Kier molecular flexibility index (Phi) is 5.68. The molecule has 2 aromatic rings. The third-order valence-electron chi connectivity index (χ3n) is 3.86. The van der Waals surface area contributed by atoms with Crippen LogP contribution in [0.3, 0.4) is 0 Å². The van der Waals surface area contributed by atoms with Crippen molar-refractivity contribution in [3.05, 3.63) is 54.1 Å². The van der Waals surface area contributed by atoms with Crippen molar-refractivity contribution in [3.8, 4) is 11.5 Å². The number of ether oxygens (including phenoxy) is 2. The van der Waals surface area contributed by atoms with Gasteiger partial charge in [0, 0.05) is 17.2 Å². The van der Waals surface area contributed by atoms with E-state index in [2.05, 4.69) is 36.3 Å². The van der Waals surface area contributed by atoms with Crippen molar-refractivity contribution in [2.24, 2.45) is 10.7 Å². The Bertz CT molecular complexity index is 697. The fourth-order valence-electron chi connectivity index (χ4n) is 2.36. The van der Waals surface area contributed by atoms with Crippen molar-refractivity contribution in [1.29, 1.82) is 0 Å². The molecule has 0 saturated heterocycles. The van der Waals surface area contributed by atoms with Gasteiger partial charge in [-0.3, -0.25) is 4.99 Å². The topological polar surface area (TPSA) is 68.9 Å². The number of methoxy groups -OCH3 is 2. The van der Waals surface area contributed by atoms with Crippen molar-refractivity contribution in [3.63, 3.8) is 0 Å². The van der Waals surface area contributed by atoms with E-state index >= 15 is 0 Å². The number of hydrogen-bond donors (Lipinski definition) is 2. The number of aliphatic imine (C=N–C) groups is 1. The molecule has 0 heterocycles. The lowest BCUT2D eigenvalue weighted by molar-refractivity contribution is 0.355. The van der Waals surface area contributed by atoms with E-state index in [1.807, 2.05) is 36.4 Å². The molecule has 0 spiro atoms. The Balaban J connectivity index is 2.06. The van der Waals surface area contributed by atoms with Crippen LogP contribution in [0.25, 0.3) is 0 Å². The standard InChI is InChI=1S/C19H25N3O2/c1-19(2,14-8-6-5-7-9-14)13-21-18(20)22-15-10-11-16(23-3)17(12-15)24-4/h5-12H,13H2,1-4H3,(H3,20,21,22). The van der Waals surface area contributed by atoms with Gasteiger partial charge in [-0.15, -0.1) is 0 Å². The van der Waals surface area contributed by atoms with Crippen LogP contribution < -0.4 is 20.5 Å². The van der Waals surface area contributed by atoms with Crippen LogP contribution in [0.2, 0.25) is 0 Å². The summed E-state index contributed by atoms with van der Waals surface area (Å²) in [7, 11) is 3.20. The highest BCUT2D eigenvalue weighted by molar-refractivity contribution is 5.92. The predicted molar refractivity (Wildman–Crippen MR) is 99.1 cm³/mol. The molecule has 0 aliphatic carbocycles. The van der Waals surface area contributed by atoms with Gasteiger partial charge in [-0.2, -0.15) is 0 Å². The first-order valence-corrected chi connectivity index (χ1v) is 7.81. The van der Waals surface area contributed by atoms with Gasteiger partial charge < -0.3 is 20.5 Å². The van der Waals surface area contributed by atoms with Crippen LogP contribution in [0.1, 0.15) is 19.4 Å². The van der Waals surface area contributed by atoms with Crippen LogP contribution in [0.5, 0.6) is 11.5 Å². The van der Waals surface area contributed by atoms with E-state index in [0.29, 0.717) is 24.0 Å². The fourth-order valence-corrected chi connectivity index (χ4v) is 2.36. The number of guanidine groups is 1. The molecule has 5 heteroatoms. The van der Waals surface area contributed by atoms with Crippen LogP contribution >= 0.6 is 0 Å². The minimum absolute atomic E-state index is 0.0921. The van der Waals surface area contributed by atoms with Gasteiger partial charge in [0.1, 0.15) is 0 Å². The van der Waals surface area contributed by atoms with Gasteiger partial charge in [-0.1, -0.05) is 44.2 Å². The van der Waals surface area contributed by atoms with Crippen molar-refractivity contribution in [2.45, 2.75) is 19.3 Å². The summed E-state index contributed by atoms with van der Waals surface area (Å²) in [5, 5.41) is 3.08. The molecule has 0 unspecified atom stereocenters. The van der Waals surface area contributed by atoms with E-state index in [9.17, 15) is 0 Å². The second-order valence-corrected chi connectivity index (χ2v) is 6.15. The molecule has 0 bridgehead atoms. The average molecular weight is 327 g/mol. The third-order valence-corrected chi connectivity index (χ3v) is 3.86. The molecule has 128 valence electrons. The molecule has 0 amide bonds. The van der Waals surface area contributed by atoms with Crippen molar-refractivity contribution in [2.75, 3.05) is 26.1 Å². The molecule has 0 aliphatic rings. The average Bonchev–Trinajstić information content (AvgIpc) is 2.60. The van der Waals surface area contributed by atoms with Gasteiger partial charge in [-0.25, -0.2) is 0 Å². The quantitative estimate of drug-likeness (QED) is 0.630. The number of nitrogens with two attached hydrogens (primary N) is 1. The molecule has 2 aromatic carbocycles.